The van der Waals surface area contributed by atoms with Crippen molar-refractivity contribution in [1.82, 2.24) is 0 Å². The van der Waals surface area contributed by atoms with Gasteiger partial charge < -0.3 is 0 Å². The molecule has 4 heteroatoms. The number of benzene rings is 2. The topological polar surface area (TPSA) is 0 Å². The smallest absolute Gasteiger partial charge is 0.0843 e. The zero-order valence-electron chi connectivity index (χ0n) is 8.94. The lowest BCUT2D eigenvalue weighted by atomic mass is 10.2. The van der Waals surface area contributed by atoms with Crippen LogP contribution in [0, 0.1) is 0 Å². The van der Waals surface area contributed by atoms with Crippen molar-refractivity contribution in [2.75, 3.05) is 0 Å². The first-order chi connectivity index (χ1) is 8.16. The summed E-state index contributed by atoms with van der Waals surface area (Å²) in [6.07, 6.45) is 0.825. The molecule has 1 unspecified atom stereocenters. The lowest BCUT2D eigenvalue weighted by molar-refractivity contribution is 1.41. The van der Waals surface area contributed by atoms with Gasteiger partial charge in [0.25, 0.3) is 0 Å². The van der Waals surface area contributed by atoms with E-state index in [0.717, 1.165) is 21.8 Å². The Balaban J connectivity index is 2.17. The van der Waals surface area contributed by atoms with Crippen LogP contribution in [0.25, 0.3) is 0 Å². The molecule has 0 bridgehead atoms. The van der Waals surface area contributed by atoms with Crippen LogP contribution >= 0.6 is 29.9 Å². The minimum Gasteiger partial charge on any atom is -0.0843 e. The summed E-state index contributed by atoms with van der Waals surface area (Å²) in [7, 11) is 0. The Morgan fingerprint density at radius 1 is 0.941 bits per heavy atom. The van der Waals surface area contributed by atoms with Gasteiger partial charge in [0.15, 0.2) is 23.3 Å². The summed E-state index contributed by atoms with van der Waals surface area (Å²) in [4.78, 5) is 0. The molecule has 86 valence electrons. The summed E-state index contributed by atoms with van der Waals surface area (Å²) >= 11 is 17.5. The first-order valence-electron chi connectivity index (χ1n) is 5.10. The first-order valence-corrected chi connectivity index (χ1v) is 8.40. The van der Waals surface area contributed by atoms with E-state index in [9.17, 15) is 0 Å². The molecule has 0 heterocycles. The lowest BCUT2D eigenvalue weighted by Gasteiger charge is -1.98. The molecule has 2 rings (SSSR count). The Morgan fingerprint density at radius 2 is 1.59 bits per heavy atom. The van der Waals surface area contributed by atoms with Crippen molar-refractivity contribution in [2.45, 2.75) is 6.16 Å². The van der Waals surface area contributed by atoms with E-state index in [1.54, 1.807) is 0 Å². The molecule has 17 heavy (non-hydrogen) atoms. The van der Waals surface area contributed by atoms with Crippen LogP contribution in [-0.2, 0) is 18.0 Å². The number of hydrogen-bond acceptors (Lipinski definition) is 1. The third-order valence-electron chi connectivity index (χ3n) is 2.39. The fraction of sp³-hybridized carbons (Fsp3) is 0.0769. The highest BCUT2D eigenvalue weighted by molar-refractivity contribution is 8.08. The SMILES string of the molecule is S=[P+](Cc1ccccc1Cl)c1ccc(Cl)cc1. The summed E-state index contributed by atoms with van der Waals surface area (Å²) in [5, 5.41) is 2.70. The maximum absolute atomic E-state index is 6.12. The van der Waals surface area contributed by atoms with Gasteiger partial charge in [0.2, 0.25) is 6.70 Å². The fourth-order valence-corrected chi connectivity index (χ4v) is 3.93. The molecule has 0 aromatic heterocycles. The van der Waals surface area contributed by atoms with E-state index in [2.05, 4.69) is 0 Å². The van der Waals surface area contributed by atoms with Crippen molar-refractivity contribution in [2.24, 2.45) is 0 Å². The minimum absolute atomic E-state index is 0.640. The average Bonchev–Trinajstić information content (AvgIpc) is 2.33. The number of rotatable bonds is 3. The second-order valence-corrected chi connectivity index (χ2v) is 7.36. The third-order valence-corrected chi connectivity index (χ3v) is 5.53. The highest BCUT2D eigenvalue weighted by atomic mass is 35.5. The summed E-state index contributed by atoms with van der Waals surface area (Å²) < 4.78 is 0. The standard InChI is InChI=1S/C13H10Cl2PS/c14-11-5-7-12(8-6-11)16(17)9-10-3-1-2-4-13(10)15/h1-8H,9H2/q+1. The largest absolute Gasteiger partial charge is 0.217 e. The Morgan fingerprint density at radius 3 is 2.24 bits per heavy atom. The molecule has 2 aromatic rings. The molecule has 0 amide bonds. The third kappa shape index (κ3) is 3.50. The second-order valence-electron chi connectivity index (χ2n) is 3.60. The van der Waals surface area contributed by atoms with Crippen LogP contribution < -0.4 is 5.30 Å². The molecule has 0 saturated heterocycles. The molecule has 0 fully saturated rings. The van der Waals surface area contributed by atoms with Crippen molar-refractivity contribution in [3.05, 3.63) is 64.1 Å². The van der Waals surface area contributed by atoms with E-state index in [4.69, 9.17) is 35.0 Å². The van der Waals surface area contributed by atoms with Crippen LogP contribution in [0.4, 0.5) is 0 Å². The van der Waals surface area contributed by atoms with E-state index in [1.807, 2.05) is 48.5 Å². The summed E-state index contributed by atoms with van der Waals surface area (Å²) in [6.45, 7) is -0.640. The average molecular weight is 300 g/mol. The molecule has 0 spiro atoms. The van der Waals surface area contributed by atoms with Crippen LogP contribution in [0.3, 0.4) is 0 Å². The van der Waals surface area contributed by atoms with E-state index >= 15 is 0 Å². The quantitative estimate of drug-likeness (QED) is 0.736. The van der Waals surface area contributed by atoms with Gasteiger partial charge in [-0.3, -0.25) is 0 Å². The second kappa shape index (κ2) is 5.93. The van der Waals surface area contributed by atoms with Crippen LogP contribution in [0.15, 0.2) is 48.5 Å². The van der Waals surface area contributed by atoms with Gasteiger partial charge in [-0.2, -0.15) is 0 Å². The van der Waals surface area contributed by atoms with Crippen LogP contribution in [-0.4, -0.2) is 0 Å². The van der Waals surface area contributed by atoms with Crippen molar-refractivity contribution >= 4 is 47.0 Å². The number of hydrogen-bond donors (Lipinski definition) is 0. The summed E-state index contributed by atoms with van der Waals surface area (Å²) in [5.74, 6) is 0. The van der Waals surface area contributed by atoms with E-state index in [0.29, 0.717) is 0 Å². The lowest BCUT2D eigenvalue weighted by Crippen LogP contribution is -1.96. The van der Waals surface area contributed by atoms with Crippen molar-refractivity contribution in [1.29, 1.82) is 0 Å². The maximum atomic E-state index is 6.12. The van der Waals surface area contributed by atoms with Gasteiger partial charge in [-0.1, -0.05) is 41.4 Å². The van der Waals surface area contributed by atoms with Crippen molar-refractivity contribution in [3.63, 3.8) is 0 Å². The molecule has 0 radical (unpaired) electrons. The molecule has 1 atom stereocenters. The van der Waals surface area contributed by atoms with E-state index < -0.39 is 6.70 Å². The molecule has 0 aliphatic heterocycles. The first kappa shape index (κ1) is 13.0. The van der Waals surface area contributed by atoms with E-state index in [-0.39, 0.29) is 0 Å². The van der Waals surface area contributed by atoms with Crippen molar-refractivity contribution < 1.29 is 0 Å². The zero-order chi connectivity index (χ0) is 12.3. The highest BCUT2D eigenvalue weighted by Crippen LogP contribution is 2.30. The van der Waals surface area contributed by atoms with Gasteiger partial charge in [-0.25, -0.2) is 0 Å². The summed E-state index contributed by atoms with van der Waals surface area (Å²) in [5.41, 5.74) is 1.12. The van der Waals surface area contributed by atoms with Gasteiger partial charge in [-0.15, -0.1) is 0 Å². The zero-order valence-corrected chi connectivity index (χ0v) is 12.2. The van der Waals surface area contributed by atoms with Crippen LogP contribution in [0.5, 0.6) is 0 Å². The maximum Gasteiger partial charge on any atom is 0.217 e. The molecule has 0 nitrogen and oxygen atoms in total. The molecular formula is C13H10Cl2PS+. The molecule has 0 N–H and O–H groups in total. The van der Waals surface area contributed by atoms with Gasteiger partial charge in [-0.05, 0) is 30.3 Å². The van der Waals surface area contributed by atoms with Gasteiger partial charge in [0, 0.05) is 15.6 Å². The Labute approximate surface area is 117 Å². The van der Waals surface area contributed by atoms with Crippen LogP contribution in [0.2, 0.25) is 10.0 Å². The normalized spacial score (nSPS) is 11.3. The fourth-order valence-electron chi connectivity index (χ4n) is 1.48. The minimum atomic E-state index is -0.640. The highest BCUT2D eigenvalue weighted by Gasteiger charge is 2.16. The van der Waals surface area contributed by atoms with Gasteiger partial charge in [0.1, 0.15) is 0 Å². The van der Waals surface area contributed by atoms with Gasteiger partial charge >= 0.3 is 0 Å². The molecule has 0 aliphatic carbocycles. The summed E-state index contributed by atoms with van der Waals surface area (Å²) in [6, 6.07) is 15.6. The van der Waals surface area contributed by atoms with Crippen LogP contribution in [0.1, 0.15) is 5.56 Å². The van der Waals surface area contributed by atoms with Crippen molar-refractivity contribution in [3.8, 4) is 0 Å². The Kier molecular flexibility index (Phi) is 4.53. The molecular weight excluding hydrogens is 290 g/mol. The molecule has 2 aromatic carbocycles. The molecule has 0 saturated carbocycles. The number of halogens is 2. The van der Waals surface area contributed by atoms with Gasteiger partial charge in [0.05, 0.1) is 0 Å². The Hall–Kier alpha value is -0.460. The van der Waals surface area contributed by atoms with E-state index in [1.165, 1.54) is 5.30 Å². The monoisotopic (exact) mass is 299 g/mol. The predicted molar refractivity (Wildman–Crippen MR) is 80.5 cm³/mol. The predicted octanol–water partition coefficient (Wildman–Crippen LogP) is 4.76. The molecule has 0 aliphatic rings. The Bertz CT molecular complexity index is 537.